The third-order valence-electron chi connectivity index (χ3n) is 4.95. The molecule has 0 aliphatic heterocycles. The smallest absolute Gasteiger partial charge is 0.323 e. The molecule has 6 heteroatoms. The number of benzene rings is 3. The molecule has 0 saturated carbocycles. The van der Waals surface area contributed by atoms with Crippen LogP contribution in [0.5, 0.6) is 0 Å². The van der Waals surface area contributed by atoms with Crippen LogP contribution in [0.4, 0.5) is 5.69 Å². The van der Waals surface area contributed by atoms with E-state index in [-0.39, 0.29) is 11.7 Å². The van der Waals surface area contributed by atoms with Crippen molar-refractivity contribution >= 4 is 11.7 Å². The van der Waals surface area contributed by atoms with E-state index in [0.717, 1.165) is 16.7 Å². The second-order valence-corrected chi connectivity index (χ2v) is 7.04. The summed E-state index contributed by atoms with van der Waals surface area (Å²) in [6, 6.07) is 25.7. The normalized spacial score (nSPS) is 11.8. The van der Waals surface area contributed by atoms with Gasteiger partial charge in [-0.2, -0.15) is 0 Å². The summed E-state index contributed by atoms with van der Waals surface area (Å²) in [5.74, 6) is -0.333. The van der Waals surface area contributed by atoms with Crippen LogP contribution in [-0.2, 0) is 29.0 Å². The summed E-state index contributed by atoms with van der Waals surface area (Å²) >= 11 is 0. The molecule has 1 atom stereocenters. The van der Waals surface area contributed by atoms with Crippen molar-refractivity contribution in [2.45, 2.75) is 25.6 Å². The second kappa shape index (κ2) is 10.3. The number of ether oxygens (including phenoxy) is 1. The maximum atomic E-state index is 12.7. The first-order chi connectivity index (χ1) is 14.6. The summed E-state index contributed by atoms with van der Waals surface area (Å²) in [4.78, 5) is 25.3. The first-order valence-electron chi connectivity index (χ1n) is 9.70. The summed E-state index contributed by atoms with van der Waals surface area (Å²) in [5.41, 5.74) is 3.04. The molecule has 0 aliphatic rings. The fourth-order valence-corrected chi connectivity index (χ4v) is 3.39. The van der Waals surface area contributed by atoms with Crippen LogP contribution in [0.15, 0.2) is 84.9 Å². The number of nitro groups is 1. The van der Waals surface area contributed by atoms with Crippen molar-refractivity contribution in [2.24, 2.45) is 0 Å². The number of nitro benzene ring substituents is 1. The predicted octanol–water partition coefficient (Wildman–Crippen LogP) is 4.38. The maximum Gasteiger partial charge on any atom is 0.323 e. The molecular weight excluding hydrogens is 380 g/mol. The maximum absolute atomic E-state index is 12.7. The van der Waals surface area contributed by atoms with E-state index in [2.05, 4.69) is 4.90 Å². The van der Waals surface area contributed by atoms with E-state index in [9.17, 15) is 14.9 Å². The summed E-state index contributed by atoms with van der Waals surface area (Å²) < 4.78 is 5.11. The molecule has 30 heavy (non-hydrogen) atoms. The molecule has 0 bridgehead atoms. The van der Waals surface area contributed by atoms with Crippen LogP contribution >= 0.6 is 0 Å². The number of nitrogens with zero attached hydrogens (tertiary/aromatic N) is 2. The Bertz CT molecular complexity index is 918. The average molecular weight is 404 g/mol. The van der Waals surface area contributed by atoms with E-state index in [1.165, 1.54) is 19.2 Å². The third-order valence-corrected chi connectivity index (χ3v) is 4.95. The van der Waals surface area contributed by atoms with Crippen LogP contribution in [0.3, 0.4) is 0 Å². The van der Waals surface area contributed by atoms with Gasteiger partial charge in [-0.3, -0.25) is 19.8 Å². The van der Waals surface area contributed by atoms with Gasteiger partial charge in [0.15, 0.2) is 0 Å². The van der Waals surface area contributed by atoms with Crippen LogP contribution < -0.4 is 0 Å². The minimum Gasteiger partial charge on any atom is -0.468 e. The molecule has 0 unspecified atom stereocenters. The molecule has 3 aromatic carbocycles. The van der Waals surface area contributed by atoms with E-state index in [1.54, 1.807) is 12.1 Å². The molecule has 0 amide bonds. The molecule has 0 aromatic heterocycles. The zero-order valence-corrected chi connectivity index (χ0v) is 16.8. The minimum atomic E-state index is -0.531. The lowest BCUT2D eigenvalue weighted by Crippen LogP contribution is -2.42. The highest BCUT2D eigenvalue weighted by Gasteiger charge is 2.27. The second-order valence-electron chi connectivity index (χ2n) is 7.04. The number of methoxy groups -OCH3 is 1. The Hall–Kier alpha value is -3.51. The van der Waals surface area contributed by atoms with Crippen LogP contribution in [0.1, 0.15) is 16.7 Å². The highest BCUT2D eigenvalue weighted by molar-refractivity contribution is 5.76. The molecule has 6 nitrogen and oxygen atoms in total. The molecule has 0 saturated heterocycles. The van der Waals surface area contributed by atoms with Gasteiger partial charge in [-0.25, -0.2) is 0 Å². The largest absolute Gasteiger partial charge is 0.468 e. The number of hydrogen-bond acceptors (Lipinski definition) is 5. The number of hydrogen-bond donors (Lipinski definition) is 0. The summed E-state index contributed by atoms with van der Waals surface area (Å²) in [7, 11) is 1.38. The highest BCUT2D eigenvalue weighted by Crippen LogP contribution is 2.20. The minimum absolute atomic E-state index is 0.0267. The molecule has 0 spiro atoms. The van der Waals surface area contributed by atoms with Gasteiger partial charge >= 0.3 is 5.97 Å². The van der Waals surface area contributed by atoms with Crippen LogP contribution in [-0.4, -0.2) is 28.9 Å². The van der Waals surface area contributed by atoms with Gasteiger partial charge in [0, 0.05) is 25.2 Å². The number of carbonyl (C=O) groups excluding carboxylic acids is 1. The molecule has 0 radical (unpaired) electrons. The van der Waals surface area contributed by atoms with Crippen molar-refractivity contribution in [3.05, 3.63) is 112 Å². The lowest BCUT2D eigenvalue weighted by molar-refractivity contribution is -0.384. The fraction of sp³-hybridized carbons (Fsp3) is 0.208. The van der Waals surface area contributed by atoms with E-state index < -0.39 is 11.0 Å². The van der Waals surface area contributed by atoms with Gasteiger partial charge in [-0.1, -0.05) is 72.8 Å². The summed E-state index contributed by atoms with van der Waals surface area (Å²) in [5, 5.41) is 10.9. The predicted molar refractivity (Wildman–Crippen MR) is 115 cm³/mol. The Labute approximate surface area is 175 Å². The number of non-ortho nitro benzene ring substituents is 1. The summed E-state index contributed by atoms with van der Waals surface area (Å²) in [6.45, 7) is 1.14. The van der Waals surface area contributed by atoms with Crippen molar-refractivity contribution < 1.29 is 14.5 Å². The first-order valence-corrected chi connectivity index (χ1v) is 9.70. The molecular formula is C24H24N2O4. The van der Waals surface area contributed by atoms with E-state index in [1.807, 2.05) is 60.7 Å². The number of carbonyl (C=O) groups is 1. The van der Waals surface area contributed by atoms with Gasteiger partial charge in [0.05, 0.1) is 12.0 Å². The lowest BCUT2D eigenvalue weighted by Gasteiger charge is -2.30. The highest BCUT2D eigenvalue weighted by atomic mass is 16.6. The van der Waals surface area contributed by atoms with E-state index in [0.29, 0.717) is 19.5 Å². The van der Waals surface area contributed by atoms with Crippen molar-refractivity contribution in [3.63, 3.8) is 0 Å². The van der Waals surface area contributed by atoms with Gasteiger partial charge in [-0.05, 0) is 23.1 Å². The van der Waals surface area contributed by atoms with Gasteiger partial charge in [0.1, 0.15) is 6.04 Å². The zero-order chi connectivity index (χ0) is 21.3. The van der Waals surface area contributed by atoms with Crippen molar-refractivity contribution in [1.82, 2.24) is 4.90 Å². The van der Waals surface area contributed by atoms with Gasteiger partial charge < -0.3 is 4.74 Å². The van der Waals surface area contributed by atoms with Crippen molar-refractivity contribution in [1.29, 1.82) is 0 Å². The Morgan fingerprint density at radius 2 is 1.37 bits per heavy atom. The fourth-order valence-electron chi connectivity index (χ4n) is 3.39. The lowest BCUT2D eigenvalue weighted by atomic mass is 10.0. The SMILES string of the molecule is COC(=O)[C@H](Cc1ccc([N+](=O)[O-])cc1)N(Cc1ccccc1)Cc1ccccc1. The van der Waals surface area contributed by atoms with Crippen molar-refractivity contribution in [3.8, 4) is 0 Å². The van der Waals surface area contributed by atoms with Crippen LogP contribution in [0.2, 0.25) is 0 Å². The van der Waals surface area contributed by atoms with Gasteiger partial charge in [0.2, 0.25) is 0 Å². The molecule has 154 valence electrons. The Balaban J connectivity index is 1.89. The molecule has 0 N–H and O–H groups in total. The number of esters is 1. The van der Waals surface area contributed by atoms with Gasteiger partial charge in [0.25, 0.3) is 5.69 Å². The van der Waals surface area contributed by atoms with Crippen molar-refractivity contribution in [2.75, 3.05) is 7.11 Å². The third kappa shape index (κ3) is 5.75. The Morgan fingerprint density at radius 3 is 1.80 bits per heavy atom. The molecule has 0 aliphatic carbocycles. The Kier molecular flexibility index (Phi) is 7.29. The van der Waals surface area contributed by atoms with E-state index in [4.69, 9.17) is 4.74 Å². The van der Waals surface area contributed by atoms with E-state index >= 15 is 0 Å². The quantitative estimate of drug-likeness (QED) is 0.301. The summed E-state index contributed by atoms with van der Waals surface area (Å²) in [6.07, 6.45) is 0.393. The standard InChI is InChI=1S/C24H24N2O4/c1-30-24(27)23(16-19-12-14-22(15-13-19)26(28)29)25(17-20-8-4-2-5-9-20)18-21-10-6-3-7-11-21/h2-15,23H,16-18H2,1H3/t23-/m0/s1. The first kappa shape index (κ1) is 21.2. The van der Waals surface area contributed by atoms with Crippen LogP contribution in [0.25, 0.3) is 0 Å². The zero-order valence-electron chi connectivity index (χ0n) is 16.8. The molecule has 3 aromatic rings. The van der Waals surface area contributed by atoms with Gasteiger partial charge in [-0.15, -0.1) is 0 Å². The topological polar surface area (TPSA) is 72.7 Å². The van der Waals surface area contributed by atoms with Crippen LogP contribution in [0, 0.1) is 10.1 Å². The Morgan fingerprint density at radius 1 is 0.867 bits per heavy atom. The average Bonchev–Trinajstić information content (AvgIpc) is 2.78. The monoisotopic (exact) mass is 404 g/mol. The number of rotatable bonds is 9. The molecule has 0 fully saturated rings. The molecule has 0 heterocycles. The molecule has 3 rings (SSSR count).